The first kappa shape index (κ1) is 24.8. The van der Waals surface area contributed by atoms with Crippen LogP contribution in [-0.4, -0.2) is 42.2 Å². The Balaban J connectivity index is 2.04. The predicted octanol–water partition coefficient (Wildman–Crippen LogP) is 4.65. The van der Waals surface area contributed by atoms with Crippen LogP contribution in [0.4, 0.5) is 0 Å². The summed E-state index contributed by atoms with van der Waals surface area (Å²) in [6.07, 6.45) is 2.54. The Labute approximate surface area is 190 Å². The highest BCUT2D eigenvalue weighted by atomic mass is 32.2. The molecular weight excluding hydrogens is 408 g/mol. The van der Waals surface area contributed by atoms with Gasteiger partial charge in [0.25, 0.3) is 0 Å². The number of amides is 2. The van der Waals surface area contributed by atoms with Crippen molar-refractivity contribution in [3.05, 3.63) is 65.7 Å². The predicted molar refractivity (Wildman–Crippen MR) is 128 cm³/mol. The minimum absolute atomic E-state index is 0.0140. The smallest absolute Gasteiger partial charge is 0.242 e. The van der Waals surface area contributed by atoms with Gasteiger partial charge in [-0.3, -0.25) is 9.59 Å². The summed E-state index contributed by atoms with van der Waals surface area (Å²) >= 11 is 1.56. The summed E-state index contributed by atoms with van der Waals surface area (Å²) in [5.74, 6) is 1.80. The number of carbonyl (C=O) groups excluding carboxylic acids is 2. The Morgan fingerprint density at radius 1 is 1.03 bits per heavy atom. The van der Waals surface area contributed by atoms with E-state index in [1.807, 2.05) is 61.5 Å². The molecule has 1 unspecified atom stereocenters. The molecule has 0 spiro atoms. The molecule has 31 heavy (non-hydrogen) atoms. The van der Waals surface area contributed by atoms with Crippen LogP contribution in [0.15, 0.2) is 54.6 Å². The number of unbranched alkanes of at least 4 members (excludes halogenated alkanes) is 1. The molecule has 2 aromatic carbocycles. The summed E-state index contributed by atoms with van der Waals surface area (Å²) in [7, 11) is 1.65. The van der Waals surface area contributed by atoms with Crippen molar-refractivity contribution in [2.45, 2.75) is 51.4 Å². The Bertz CT molecular complexity index is 796. The van der Waals surface area contributed by atoms with E-state index in [9.17, 15) is 9.59 Å². The van der Waals surface area contributed by atoms with Crippen LogP contribution in [0.1, 0.15) is 44.2 Å². The normalized spacial score (nSPS) is 11.6. The zero-order valence-electron chi connectivity index (χ0n) is 18.8. The third kappa shape index (κ3) is 8.29. The number of benzene rings is 2. The molecule has 1 atom stereocenters. The summed E-state index contributed by atoms with van der Waals surface area (Å²) in [5, 5.41) is 3.00. The number of hydrogen-bond acceptors (Lipinski definition) is 4. The van der Waals surface area contributed by atoms with Crippen molar-refractivity contribution in [2.75, 3.05) is 19.4 Å². The van der Waals surface area contributed by atoms with Gasteiger partial charge >= 0.3 is 0 Å². The Morgan fingerprint density at radius 3 is 2.35 bits per heavy atom. The first-order chi connectivity index (χ1) is 15.1. The van der Waals surface area contributed by atoms with Crippen molar-refractivity contribution in [1.82, 2.24) is 10.2 Å². The average Bonchev–Trinajstić information content (AvgIpc) is 2.80. The molecule has 0 saturated carbocycles. The van der Waals surface area contributed by atoms with Crippen LogP contribution >= 0.6 is 11.8 Å². The van der Waals surface area contributed by atoms with Gasteiger partial charge in [-0.25, -0.2) is 0 Å². The lowest BCUT2D eigenvalue weighted by Gasteiger charge is -2.30. The first-order valence-electron chi connectivity index (χ1n) is 10.9. The van der Waals surface area contributed by atoms with E-state index < -0.39 is 6.04 Å². The second-order valence-corrected chi connectivity index (χ2v) is 8.40. The highest BCUT2D eigenvalue weighted by Gasteiger charge is 2.28. The zero-order valence-corrected chi connectivity index (χ0v) is 19.6. The SMILES string of the molecule is CCCCNC(=O)C(CC)N(Cc1ccccc1)C(=O)CSCc1ccc(OC)cc1. The Morgan fingerprint density at radius 2 is 1.74 bits per heavy atom. The zero-order chi connectivity index (χ0) is 22.5. The van der Waals surface area contributed by atoms with E-state index in [-0.39, 0.29) is 11.8 Å². The van der Waals surface area contributed by atoms with Gasteiger partial charge in [0.1, 0.15) is 11.8 Å². The Hall–Kier alpha value is -2.47. The molecule has 1 N–H and O–H groups in total. The van der Waals surface area contributed by atoms with Gasteiger partial charge < -0.3 is 15.0 Å². The van der Waals surface area contributed by atoms with Crippen molar-refractivity contribution >= 4 is 23.6 Å². The molecule has 168 valence electrons. The molecule has 0 saturated heterocycles. The van der Waals surface area contributed by atoms with Crippen LogP contribution in [0.3, 0.4) is 0 Å². The van der Waals surface area contributed by atoms with Gasteiger partial charge in [-0.1, -0.05) is 62.7 Å². The van der Waals surface area contributed by atoms with Crippen LogP contribution < -0.4 is 10.1 Å². The molecule has 2 aromatic rings. The third-order valence-corrected chi connectivity index (χ3v) is 6.05. The summed E-state index contributed by atoms with van der Waals surface area (Å²) in [5.41, 5.74) is 2.16. The quantitative estimate of drug-likeness (QED) is 0.459. The molecule has 0 aliphatic rings. The van der Waals surface area contributed by atoms with Crippen molar-refractivity contribution in [1.29, 1.82) is 0 Å². The molecule has 0 radical (unpaired) electrons. The largest absolute Gasteiger partial charge is 0.497 e. The minimum Gasteiger partial charge on any atom is -0.497 e. The second kappa shape index (κ2) is 13.8. The van der Waals surface area contributed by atoms with E-state index in [2.05, 4.69) is 12.2 Å². The van der Waals surface area contributed by atoms with E-state index in [0.29, 0.717) is 25.3 Å². The molecule has 2 amide bonds. The van der Waals surface area contributed by atoms with Crippen LogP contribution in [-0.2, 0) is 21.9 Å². The Kier molecular flexibility index (Phi) is 11.0. The van der Waals surface area contributed by atoms with Gasteiger partial charge in [-0.05, 0) is 36.1 Å². The van der Waals surface area contributed by atoms with Gasteiger partial charge in [0, 0.05) is 18.8 Å². The van der Waals surface area contributed by atoms with E-state index in [1.54, 1.807) is 23.8 Å². The summed E-state index contributed by atoms with van der Waals surface area (Å²) < 4.78 is 5.19. The van der Waals surface area contributed by atoms with E-state index in [4.69, 9.17) is 4.74 Å². The monoisotopic (exact) mass is 442 g/mol. The molecule has 0 aliphatic heterocycles. The fourth-order valence-corrected chi connectivity index (χ4v) is 4.14. The highest BCUT2D eigenvalue weighted by molar-refractivity contribution is 7.99. The van der Waals surface area contributed by atoms with E-state index >= 15 is 0 Å². The van der Waals surface area contributed by atoms with Crippen LogP contribution in [0.25, 0.3) is 0 Å². The summed E-state index contributed by atoms with van der Waals surface area (Å²) in [6.45, 7) is 5.13. The van der Waals surface area contributed by atoms with Gasteiger partial charge in [-0.2, -0.15) is 0 Å². The van der Waals surface area contributed by atoms with Gasteiger partial charge in [0.2, 0.25) is 11.8 Å². The fourth-order valence-electron chi connectivity index (χ4n) is 3.27. The molecule has 0 aromatic heterocycles. The average molecular weight is 443 g/mol. The summed E-state index contributed by atoms with van der Waals surface area (Å²) in [6, 6.07) is 17.2. The lowest BCUT2D eigenvalue weighted by Crippen LogP contribution is -2.49. The maximum atomic E-state index is 13.2. The van der Waals surface area contributed by atoms with Crippen LogP contribution in [0, 0.1) is 0 Å². The molecule has 6 heteroatoms. The number of methoxy groups -OCH3 is 1. The number of carbonyl (C=O) groups is 2. The molecule has 5 nitrogen and oxygen atoms in total. The number of nitrogens with one attached hydrogen (secondary N) is 1. The molecule has 0 fully saturated rings. The molecule has 0 heterocycles. The van der Waals surface area contributed by atoms with Gasteiger partial charge in [0.15, 0.2) is 0 Å². The minimum atomic E-state index is -0.467. The molecule has 0 aliphatic carbocycles. The number of nitrogens with zero attached hydrogens (tertiary/aromatic N) is 1. The highest BCUT2D eigenvalue weighted by Crippen LogP contribution is 2.19. The molecule has 2 rings (SSSR count). The fraction of sp³-hybridized carbons (Fsp3) is 0.440. The van der Waals surface area contributed by atoms with Crippen molar-refractivity contribution in [2.24, 2.45) is 0 Å². The topological polar surface area (TPSA) is 58.6 Å². The van der Waals surface area contributed by atoms with Crippen LogP contribution in [0.2, 0.25) is 0 Å². The second-order valence-electron chi connectivity index (χ2n) is 7.42. The van der Waals surface area contributed by atoms with E-state index in [0.717, 1.165) is 35.5 Å². The van der Waals surface area contributed by atoms with Crippen molar-refractivity contribution < 1.29 is 14.3 Å². The maximum absolute atomic E-state index is 13.2. The standard InChI is InChI=1S/C25H34N2O3S/c1-4-6-16-26-25(29)23(5-2)27(17-20-10-8-7-9-11-20)24(28)19-31-18-21-12-14-22(30-3)15-13-21/h7-15,23H,4-6,16-19H2,1-3H3,(H,26,29). The third-order valence-electron chi connectivity index (χ3n) is 5.06. The molecule has 0 bridgehead atoms. The molecular formula is C25H34N2O3S. The number of ether oxygens (including phenoxy) is 1. The van der Waals surface area contributed by atoms with Crippen molar-refractivity contribution in [3.8, 4) is 5.75 Å². The lowest BCUT2D eigenvalue weighted by molar-refractivity contribution is -0.139. The van der Waals surface area contributed by atoms with Crippen LogP contribution in [0.5, 0.6) is 5.75 Å². The van der Waals surface area contributed by atoms with Gasteiger partial charge in [-0.15, -0.1) is 11.8 Å². The lowest BCUT2D eigenvalue weighted by atomic mass is 10.1. The number of hydrogen-bond donors (Lipinski definition) is 1. The van der Waals surface area contributed by atoms with E-state index in [1.165, 1.54) is 0 Å². The van der Waals surface area contributed by atoms with Crippen molar-refractivity contribution in [3.63, 3.8) is 0 Å². The summed E-state index contributed by atoms with van der Waals surface area (Å²) in [4.78, 5) is 27.7. The van der Waals surface area contributed by atoms with Gasteiger partial charge in [0.05, 0.1) is 12.9 Å². The number of rotatable bonds is 13. The maximum Gasteiger partial charge on any atom is 0.242 e. The number of thioether (sulfide) groups is 1. The first-order valence-corrected chi connectivity index (χ1v) is 12.1.